The number of ether oxygens (including phenoxy) is 1. The summed E-state index contributed by atoms with van der Waals surface area (Å²) in [4.78, 5) is 16.9. The van der Waals surface area contributed by atoms with E-state index in [0.29, 0.717) is 11.4 Å². The Hall–Kier alpha value is -1.82. The summed E-state index contributed by atoms with van der Waals surface area (Å²) in [5.41, 5.74) is 1.73. The lowest BCUT2D eigenvalue weighted by atomic mass is 10.2. The number of aromatic nitrogens is 2. The van der Waals surface area contributed by atoms with Gasteiger partial charge in [-0.1, -0.05) is 13.0 Å². The van der Waals surface area contributed by atoms with E-state index in [1.165, 1.54) is 0 Å². The molecule has 6 heteroatoms. The van der Waals surface area contributed by atoms with Gasteiger partial charge in [-0.2, -0.15) is 0 Å². The zero-order chi connectivity index (χ0) is 15.6. The number of likely N-dealkylation sites (N-methyl/N-ethyl adjacent to an activating group) is 1. The van der Waals surface area contributed by atoms with Crippen molar-refractivity contribution in [3.63, 3.8) is 0 Å². The number of rotatable bonds is 5. The van der Waals surface area contributed by atoms with Crippen molar-refractivity contribution >= 4 is 29.2 Å². The van der Waals surface area contributed by atoms with Crippen LogP contribution in [0.2, 0.25) is 0 Å². The Labute approximate surface area is 129 Å². The van der Waals surface area contributed by atoms with Crippen molar-refractivity contribution in [3.8, 4) is 5.75 Å². The first-order chi connectivity index (χ1) is 9.97. The minimum absolute atomic E-state index is 0.00637. The minimum atomic E-state index is -0.359. The summed E-state index contributed by atoms with van der Waals surface area (Å²) in [7, 11) is 3.49. The second kappa shape index (κ2) is 6.30. The van der Waals surface area contributed by atoms with E-state index in [9.17, 15) is 4.79 Å². The SMILES string of the molecule is CCCOc1cccc2c1[nH]c(=S)n2C(C)C(=O)N(C)C. The van der Waals surface area contributed by atoms with E-state index < -0.39 is 0 Å². The maximum Gasteiger partial charge on any atom is 0.244 e. The molecule has 0 saturated carbocycles. The molecule has 2 rings (SSSR count). The first-order valence-corrected chi connectivity index (χ1v) is 7.45. The lowest BCUT2D eigenvalue weighted by Gasteiger charge is -2.18. The van der Waals surface area contributed by atoms with Crippen LogP contribution in [0.25, 0.3) is 11.0 Å². The van der Waals surface area contributed by atoms with Gasteiger partial charge in [0.05, 0.1) is 12.1 Å². The molecule has 0 aliphatic rings. The predicted molar refractivity (Wildman–Crippen MR) is 86.3 cm³/mol. The van der Waals surface area contributed by atoms with E-state index in [2.05, 4.69) is 11.9 Å². The van der Waals surface area contributed by atoms with Crippen molar-refractivity contribution in [1.29, 1.82) is 0 Å². The third-order valence-electron chi connectivity index (χ3n) is 3.36. The number of aromatic amines is 1. The molecule has 1 heterocycles. The second-order valence-electron chi connectivity index (χ2n) is 5.21. The number of amides is 1. The van der Waals surface area contributed by atoms with Gasteiger partial charge in [0.25, 0.3) is 0 Å². The van der Waals surface area contributed by atoms with E-state index >= 15 is 0 Å². The summed E-state index contributed by atoms with van der Waals surface area (Å²) in [6.45, 7) is 4.56. The van der Waals surface area contributed by atoms with Crippen LogP contribution in [0.3, 0.4) is 0 Å². The van der Waals surface area contributed by atoms with Crippen LogP contribution in [0.15, 0.2) is 18.2 Å². The normalized spacial score (nSPS) is 12.4. The Bertz CT molecular complexity index is 702. The van der Waals surface area contributed by atoms with Crippen LogP contribution >= 0.6 is 12.2 Å². The molecule has 0 aliphatic carbocycles. The maximum atomic E-state index is 12.2. The molecule has 0 spiro atoms. The second-order valence-corrected chi connectivity index (χ2v) is 5.59. The van der Waals surface area contributed by atoms with Crippen LogP contribution in [0.4, 0.5) is 0 Å². The first-order valence-electron chi connectivity index (χ1n) is 7.04. The largest absolute Gasteiger partial charge is 0.491 e. The van der Waals surface area contributed by atoms with Crippen LogP contribution < -0.4 is 4.74 Å². The lowest BCUT2D eigenvalue weighted by Crippen LogP contribution is -2.29. The summed E-state index contributed by atoms with van der Waals surface area (Å²) in [6.07, 6.45) is 0.938. The molecule has 5 nitrogen and oxygen atoms in total. The first kappa shape index (κ1) is 15.6. The van der Waals surface area contributed by atoms with Gasteiger partial charge in [0, 0.05) is 14.1 Å². The molecule has 0 radical (unpaired) electrons. The fourth-order valence-electron chi connectivity index (χ4n) is 2.32. The quantitative estimate of drug-likeness (QED) is 0.863. The molecule has 1 atom stereocenters. The topological polar surface area (TPSA) is 50.3 Å². The van der Waals surface area contributed by atoms with Gasteiger partial charge in [-0.3, -0.25) is 4.79 Å². The summed E-state index contributed by atoms with van der Waals surface area (Å²) in [6, 6.07) is 5.41. The van der Waals surface area contributed by atoms with Gasteiger partial charge in [-0.15, -0.1) is 0 Å². The zero-order valence-corrected chi connectivity index (χ0v) is 13.7. The Kier molecular flexibility index (Phi) is 4.67. The number of imidazole rings is 1. The van der Waals surface area contributed by atoms with Crippen molar-refractivity contribution < 1.29 is 9.53 Å². The van der Waals surface area contributed by atoms with Gasteiger partial charge < -0.3 is 19.2 Å². The average Bonchev–Trinajstić information content (AvgIpc) is 2.79. The minimum Gasteiger partial charge on any atom is -0.491 e. The Morgan fingerprint density at radius 2 is 2.19 bits per heavy atom. The molecule has 0 bridgehead atoms. The van der Waals surface area contributed by atoms with Gasteiger partial charge in [0.1, 0.15) is 17.3 Å². The fourth-order valence-corrected chi connectivity index (χ4v) is 2.68. The number of benzene rings is 1. The molecular formula is C15H21N3O2S. The molecule has 21 heavy (non-hydrogen) atoms. The number of nitrogens with zero attached hydrogens (tertiary/aromatic N) is 2. The third-order valence-corrected chi connectivity index (χ3v) is 3.66. The van der Waals surface area contributed by atoms with Crippen LogP contribution in [-0.2, 0) is 4.79 Å². The highest BCUT2D eigenvalue weighted by Crippen LogP contribution is 2.27. The van der Waals surface area contributed by atoms with Gasteiger partial charge in [0.15, 0.2) is 4.77 Å². The van der Waals surface area contributed by atoms with Crippen LogP contribution in [-0.4, -0.2) is 41.1 Å². The van der Waals surface area contributed by atoms with Gasteiger partial charge in [0.2, 0.25) is 5.91 Å². The molecule has 114 valence electrons. The number of fused-ring (bicyclic) bond motifs is 1. The van der Waals surface area contributed by atoms with Gasteiger partial charge >= 0.3 is 0 Å². The van der Waals surface area contributed by atoms with E-state index in [0.717, 1.165) is 23.2 Å². The fraction of sp³-hybridized carbons (Fsp3) is 0.467. The third kappa shape index (κ3) is 2.95. The van der Waals surface area contributed by atoms with Crippen LogP contribution in [0.5, 0.6) is 5.75 Å². The highest BCUT2D eigenvalue weighted by Gasteiger charge is 2.21. The van der Waals surface area contributed by atoms with Gasteiger partial charge in [-0.25, -0.2) is 0 Å². The maximum absolute atomic E-state index is 12.2. The molecule has 0 aliphatic heterocycles. The number of para-hydroxylation sites is 1. The summed E-state index contributed by atoms with van der Waals surface area (Å²) < 4.78 is 8.11. The highest BCUT2D eigenvalue weighted by atomic mass is 32.1. The number of carbonyl (C=O) groups excluding carboxylic acids is 1. The van der Waals surface area contributed by atoms with Crippen molar-refractivity contribution in [2.24, 2.45) is 0 Å². The van der Waals surface area contributed by atoms with Crippen molar-refractivity contribution in [1.82, 2.24) is 14.5 Å². The van der Waals surface area contributed by atoms with Crippen LogP contribution in [0, 0.1) is 4.77 Å². The van der Waals surface area contributed by atoms with E-state index in [1.54, 1.807) is 19.0 Å². The zero-order valence-electron chi connectivity index (χ0n) is 12.8. The smallest absolute Gasteiger partial charge is 0.244 e. The van der Waals surface area contributed by atoms with Crippen LogP contribution in [0.1, 0.15) is 26.3 Å². The molecule has 1 aromatic carbocycles. The Balaban J connectivity index is 2.53. The molecule has 1 unspecified atom stereocenters. The standard InChI is InChI=1S/C15H21N3O2S/c1-5-9-20-12-8-6-7-11-13(12)16-15(21)18(11)10(2)14(19)17(3)4/h6-8,10H,5,9H2,1-4H3,(H,16,21). The van der Waals surface area contributed by atoms with E-state index in [1.807, 2.05) is 29.7 Å². The molecule has 0 fully saturated rings. The predicted octanol–water partition coefficient (Wildman–Crippen LogP) is 3.14. The molecular weight excluding hydrogens is 286 g/mol. The van der Waals surface area contributed by atoms with Crippen molar-refractivity contribution in [3.05, 3.63) is 23.0 Å². The van der Waals surface area contributed by atoms with Crippen molar-refractivity contribution in [2.45, 2.75) is 26.3 Å². The number of H-pyrrole nitrogens is 1. The summed E-state index contributed by atoms with van der Waals surface area (Å²) >= 11 is 5.39. The molecule has 0 saturated heterocycles. The lowest BCUT2D eigenvalue weighted by molar-refractivity contribution is -0.131. The number of carbonyl (C=O) groups is 1. The van der Waals surface area contributed by atoms with Gasteiger partial charge in [-0.05, 0) is 37.7 Å². The Morgan fingerprint density at radius 3 is 2.81 bits per heavy atom. The average molecular weight is 307 g/mol. The van der Waals surface area contributed by atoms with E-state index in [-0.39, 0.29) is 11.9 Å². The molecule has 1 amide bonds. The molecule has 1 aromatic heterocycles. The summed E-state index contributed by atoms with van der Waals surface area (Å²) in [5.74, 6) is 0.774. The monoisotopic (exact) mass is 307 g/mol. The number of nitrogens with one attached hydrogen (secondary N) is 1. The van der Waals surface area contributed by atoms with E-state index in [4.69, 9.17) is 17.0 Å². The molecule has 1 N–H and O–H groups in total. The highest BCUT2D eigenvalue weighted by molar-refractivity contribution is 7.71. The number of hydrogen-bond acceptors (Lipinski definition) is 3. The molecule has 2 aromatic rings. The van der Waals surface area contributed by atoms with Crippen molar-refractivity contribution in [2.75, 3.05) is 20.7 Å². The summed E-state index contributed by atoms with van der Waals surface area (Å²) in [5, 5.41) is 0. The number of hydrogen-bond donors (Lipinski definition) is 1. The Morgan fingerprint density at radius 1 is 1.48 bits per heavy atom.